The average molecular weight is 338 g/mol. The van der Waals surface area contributed by atoms with E-state index in [1.807, 2.05) is 30.3 Å². The largest absolute Gasteiger partial charge is 0.493 e. The van der Waals surface area contributed by atoms with E-state index < -0.39 is 12.0 Å². The van der Waals surface area contributed by atoms with Gasteiger partial charge in [0.1, 0.15) is 12.6 Å². The van der Waals surface area contributed by atoms with E-state index in [1.165, 1.54) is 14.2 Å². The Balaban J connectivity index is 0.00000264. The molecule has 2 aromatic carbocycles. The summed E-state index contributed by atoms with van der Waals surface area (Å²) < 4.78 is 15.7. The van der Waals surface area contributed by atoms with E-state index in [0.717, 1.165) is 5.56 Å². The SMILES string of the molecule is COC(=O)[C@@H](N)c1ccc(OCc2ccccc2)c(OC)c1.Cl. The second-order valence-electron chi connectivity index (χ2n) is 4.69. The van der Waals surface area contributed by atoms with Crippen LogP contribution in [0.25, 0.3) is 0 Å². The minimum absolute atomic E-state index is 0. The number of esters is 1. The Labute approximate surface area is 141 Å². The lowest BCUT2D eigenvalue weighted by atomic mass is 10.1. The van der Waals surface area contributed by atoms with Crippen molar-refractivity contribution in [2.24, 2.45) is 5.73 Å². The van der Waals surface area contributed by atoms with Crippen LogP contribution in [-0.4, -0.2) is 20.2 Å². The minimum atomic E-state index is -0.845. The number of carbonyl (C=O) groups excluding carboxylic acids is 1. The Bertz CT molecular complexity index is 634. The van der Waals surface area contributed by atoms with Gasteiger partial charge in [-0.2, -0.15) is 0 Å². The molecule has 0 amide bonds. The molecular formula is C17H20ClNO4. The fraction of sp³-hybridized carbons (Fsp3) is 0.235. The van der Waals surface area contributed by atoms with E-state index in [9.17, 15) is 4.79 Å². The molecule has 0 bridgehead atoms. The van der Waals surface area contributed by atoms with Crippen LogP contribution in [0.3, 0.4) is 0 Å². The summed E-state index contributed by atoms with van der Waals surface area (Å²) in [6.07, 6.45) is 0. The highest BCUT2D eigenvalue weighted by Gasteiger charge is 2.18. The van der Waals surface area contributed by atoms with Gasteiger partial charge in [0, 0.05) is 0 Å². The van der Waals surface area contributed by atoms with Crippen LogP contribution in [0.5, 0.6) is 11.5 Å². The third-order valence-corrected chi connectivity index (χ3v) is 3.24. The molecule has 2 rings (SSSR count). The maximum atomic E-state index is 11.5. The van der Waals surface area contributed by atoms with Gasteiger partial charge >= 0.3 is 5.97 Å². The van der Waals surface area contributed by atoms with Crippen molar-refractivity contribution in [1.82, 2.24) is 0 Å². The Morgan fingerprint density at radius 1 is 1.09 bits per heavy atom. The van der Waals surface area contributed by atoms with Gasteiger partial charge in [0.25, 0.3) is 0 Å². The minimum Gasteiger partial charge on any atom is -0.493 e. The van der Waals surface area contributed by atoms with Gasteiger partial charge in [-0.3, -0.25) is 4.79 Å². The smallest absolute Gasteiger partial charge is 0.327 e. The van der Waals surface area contributed by atoms with Crippen LogP contribution in [0.15, 0.2) is 48.5 Å². The fourth-order valence-corrected chi connectivity index (χ4v) is 2.00. The van der Waals surface area contributed by atoms with E-state index in [-0.39, 0.29) is 12.4 Å². The number of nitrogens with two attached hydrogens (primary N) is 1. The van der Waals surface area contributed by atoms with E-state index >= 15 is 0 Å². The second kappa shape index (κ2) is 9.02. The van der Waals surface area contributed by atoms with Crippen LogP contribution < -0.4 is 15.2 Å². The maximum Gasteiger partial charge on any atom is 0.327 e. The molecule has 0 aromatic heterocycles. The molecule has 2 N–H and O–H groups in total. The summed E-state index contributed by atoms with van der Waals surface area (Å²) in [5, 5.41) is 0. The van der Waals surface area contributed by atoms with Gasteiger partial charge in [0.05, 0.1) is 14.2 Å². The highest BCUT2D eigenvalue weighted by molar-refractivity contribution is 5.85. The molecule has 0 aliphatic heterocycles. The Morgan fingerprint density at radius 2 is 1.78 bits per heavy atom. The number of halogens is 1. The van der Waals surface area contributed by atoms with Gasteiger partial charge < -0.3 is 19.9 Å². The van der Waals surface area contributed by atoms with Gasteiger partial charge in [0.15, 0.2) is 11.5 Å². The van der Waals surface area contributed by atoms with Gasteiger partial charge in [-0.1, -0.05) is 36.4 Å². The van der Waals surface area contributed by atoms with Crippen molar-refractivity contribution in [3.05, 3.63) is 59.7 Å². The first kappa shape index (κ1) is 18.8. The first-order valence-electron chi connectivity index (χ1n) is 6.83. The number of carbonyl (C=O) groups is 1. The molecule has 0 radical (unpaired) electrons. The topological polar surface area (TPSA) is 70.8 Å². The third-order valence-electron chi connectivity index (χ3n) is 3.24. The predicted octanol–water partition coefficient (Wildman–Crippen LogP) is 2.87. The first-order valence-corrected chi connectivity index (χ1v) is 6.83. The van der Waals surface area contributed by atoms with Crippen LogP contribution in [0.2, 0.25) is 0 Å². The maximum absolute atomic E-state index is 11.5. The summed E-state index contributed by atoms with van der Waals surface area (Å²) in [6.45, 7) is 0.430. The molecule has 0 fully saturated rings. The highest BCUT2D eigenvalue weighted by atomic mass is 35.5. The molecule has 0 heterocycles. The van der Waals surface area contributed by atoms with E-state index in [4.69, 9.17) is 15.2 Å². The number of ether oxygens (including phenoxy) is 3. The number of methoxy groups -OCH3 is 2. The first-order chi connectivity index (χ1) is 10.7. The molecule has 0 saturated heterocycles. The number of benzene rings is 2. The molecule has 0 spiro atoms. The van der Waals surface area contributed by atoms with Gasteiger partial charge in [-0.05, 0) is 23.3 Å². The standard InChI is InChI=1S/C17H19NO4.ClH/c1-20-15-10-13(16(18)17(19)21-2)8-9-14(15)22-11-12-6-4-3-5-7-12;/h3-10,16H,11,18H2,1-2H3;1H/t16-;/m0./s1. The van der Waals surface area contributed by atoms with E-state index in [1.54, 1.807) is 18.2 Å². The van der Waals surface area contributed by atoms with Crippen LogP contribution in [0.4, 0.5) is 0 Å². The summed E-state index contributed by atoms with van der Waals surface area (Å²) in [6, 6.07) is 14.1. The molecule has 0 aliphatic rings. The van der Waals surface area contributed by atoms with Gasteiger partial charge in [-0.15, -0.1) is 12.4 Å². The normalized spacial score (nSPS) is 11.1. The van der Waals surface area contributed by atoms with Crippen molar-refractivity contribution in [1.29, 1.82) is 0 Å². The lowest BCUT2D eigenvalue weighted by molar-refractivity contribution is -0.142. The predicted molar refractivity (Wildman–Crippen MR) is 90.0 cm³/mol. The lowest BCUT2D eigenvalue weighted by Crippen LogP contribution is -2.22. The van der Waals surface area contributed by atoms with Crippen molar-refractivity contribution in [2.75, 3.05) is 14.2 Å². The van der Waals surface area contributed by atoms with Crippen molar-refractivity contribution in [3.8, 4) is 11.5 Å². The van der Waals surface area contributed by atoms with Crippen molar-refractivity contribution in [2.45, 2.75) is 12.6 Å². The van der Waals surface area contributed by atoms with Gasteiger partial charge in [-0.25, -0.2) is 0 Å². The van der Waals surface area contributed by atoms with Crippen molar-refractivity contribution in [3.63, 3.8) is 0 Å². The molecule has 23 heavy (non-hydrogen) atoms. The molecule has 6 heteroatoms. The summed E-state index contributed by atoms with van der Waals surface area (Å²) >= 11 is 0. The molecular weight excluding hydrogens is 318 g/mol. The molecule has 1 atom stereocenters. The van der Waals surface area contributed by atoms with Crippen molar-refractivity contribution < 1.29 is 19.0 Å². The zero-order chi connectivity index (χ0) is 15.9. The molecule has 5 nitrogen and oxygen atoms in total. The number of hydrogen-bond donors (Lipinski definition) is 1. The van der Waals surface area contributed by atoms with Crippen LogP contribution in [-0.2, 0) is 16.1 Å². The Hall–Kier alpha value is -2.24. The highest BCUT2D eigenvalue weighted by Crippen LogP contribution is 2.30. The summed E-state index contributed by atoms with van der Waals surface area (Å²) in [7, 11) is 2.84. The van der Waals surface area contributed by atoms with Crippen LogP contribution >= 0.6 is 12.4 Å². The summed E-state index contributed by atoms with van der Waals surface area (Å²) in [5.74, 6) is 0.611. The average Bonchev–Trinajstić information content (AvgIpc) is 2.59. The molecule has 0 unspecified atom stereocenters. The molecule has 2 aromatic rings. The monoisotopic (exact) mass is 337 g/mol. The lowest BCUT2D eigenvalue weighted by Gasteiger charge is -2.14. The molecule has 124 valence electrons. The van der Waals surface area contributed by atoms with Crippen LogP contribution in [0.1, 0.15) is 17.2 Å². The number of rotatable bonds is 6. The summed E-state index contributed by atoms with van der Waals surface area (Å²) in [4.78, 5) is 11.5. The zero-order valence-electron chi connectivity index (χ0n) is 13.0. The van der Waals surface area contributed by atoms with E-state index in [2.05, 4.69) is 4.74 Å². The van der Waals surface area contributed by atoms with Crippen molar-refractivity contribution >= 4 is 18.4 Å². The third kappa shape index (κ3) is 4.87. The van der Waals surface area contributed by atoms with E-state index in [0.29, 0.717) is 23.7 Å². The fourth-order valence-electron chi connectivity index (χ4n) is 2.00. The van der Waals surface area contributed by atoms with Gasteiger partial charge in [0.2, 0.25) is 0 Å². The van der Waals surface area contributed by atoms with Crippen LogP contribution in [0, 0.1) is 0 Å². The second-order valence-corrected chi connectivity index (χ2v) is 4.69. The molecule has 0 aliphatic carbocycles. The summed E-state index contributed by atoms with van der Waals surface area (Å²) in [5.41, 5.74) is 7.48. The zero-order valence-corrected chi connectivity index (χ0v) is 13.8. The quantitative estimate of drug-likeness (QED) is 0.821. The number of hydrogen-bond acceptors (Lipinski definition) is 5. The Kier molecular flexibility index (Phi) is 7.38. The Morgan fingerprint density at radius 3 is 2.39 bits per heavy atom. The molecule has 0 saturated carbocycles.